The fourth-order valence-electron chi connectivity index (χ4n) is 2.08. The van der Waals surface area contributed by atoms with Crippen LogP contribution in [0.5, 0.6) is 0 Å². The molecule has 0 saturated heterocycles. The Kier molecular flexibility index (Phi) is 9.43. The molecule has 0 spiro atoms. The smallest absolute Gasteiger partial charge is 0.338 e. The Morgan fingerprint density at radius 1 is 1.15 bits per heavy atom. The number of benzene rings is 2. The number of halogens is 1. The van der Waals surface area contributed by atoms with Crippen LogP contribution in [0.4, 0.5) is 0 Å². The van der Waals surface area contributed by atoms with Gasteiger partial charge >= 0.3 is 5.97 Å². The minimum atomic E-state index is -0.358. The van der Waals surface area contributed by atoms with Gasteiger partial charge in [0.1, 0.15) is 6.61 Å². The van der Waals surface area contributed by atoms with E-state index in [2.05, 4.69) is 16.9 Å². The number of carbonyl (C=O) groups excluding carboxylic acids is 1. The van der Waals surface area contributed by atoms with Gasteiger partial charge < -0.3 is 15.8 Å². The number of rotatable bonds is 7. The van der Waals surface area contributed by atoms with Crippen LogP contribution in [0.15, 0.2) is 71.7 Å². The zero-order valence-electron chi connectivity index (χ0n) is 14.8. The predicted molar refractivity (Wildman–Crippen MR) is 116 cm³/mol. The lowest BCUT2D eigenvalue weighted by Crippen LogP contribution is -2.32. The first-order chi connectivity index (χ1) is 12.0. The molecule has 0 unspecified atom stereocenters. The molecule has 0 fully saturated rings. The highest BCUT2D eigenvalue weighted by atomic mass is 127. The molecule has 0 atom stereocenters. The minimum absolute atomic E-state index is 0. The van der Waals surface area contributed by atoms with Crippen molar-refractivity contribution in [1.82, 2.24) is 5.32 Å². The number of nitrogens with zero attached hydrogens (tertiary/aromatic N) is 1. The van der Waals surface area contributed by atoms with E-state index in [4.69, 9.17) is 10.5 Å². The van der Waals surface area contributed by atoms with E-state index in [1.165, 1.54) is 0 Å². The predicted octanol–water partition coefficient (Wildman–Crippen LogP) is 3.64. The molecule has 0 aliphatic heterocycles. The number of hydrogen-bond acceptors (Lipinski definition) is 3. The Balaban J connectivity index is 0.00000338. The number of esters is 1. The molecule has 0 aliphatic carbocycles. The maximum Gasteiger partial charge on any atom is 0.338 e. The van der Waals surface area contributed by atoms with Crippen molar-refractivity contribution >= 4 is 35.9 Å². The van der Waals surface area contributed by atoms with Crippen molar-refractivity contribution in [3.05, 3.63) is 83.4 Å². The molecule has 2 aromatic carbocycles. The van der Waals surface area contributed by atoms with Crippen molar-refractivity contribution in [3.63, 3.8) is 0 Å². The summed E-state index contributed by atoms with van der Waals surface area (Å²) in [6, 6.07) is 16.8. The van der Waals surface area contributed by atoms with Crippen LogP contribution in [-0.2, 0) is 17.9 Å². The first kappa shape index (κ1) is 21.7. The van der Waals surface area contributed by atoms with Gasteiger partial charge in [-0.05, 0) is 30.2 Å². The fraction of sp³-hybridized carbons (Fsp3) is 0.200. The quantitative estimate of drug-likeness (QED) is 0.215. The number of hydrogen-bond donors (Lipinski definition) is 2. The Morgan fingerprint density at radius 2 is 1.85 bits per heavy atom. The Morgan fingerprint density at radius 3 is 2.54 bits per heavy atom. The first-order valence-corrected chi connectivity index (χ1v) is 8.03. The van der Waals surface area contributed by atoms with Gasteiger partial charge in [0.2, 0.25) is 0 Å². The van der Waals surface area contributed by atoms with Crippen LogP contribution in [0.1, 0.15) is 28.4 Å². The van der Waals surface area contributed by atoms with Gasteiger partial charge in [-0.2, -0.15) is 0 Å². The van der Waals surface area contributed by atoms with Gasteiger partial charge in [0, 0.05) is 6.54 Å². The molecule has 2 rings (SSSR count). The second-order valence-corrected chi connectivity index (χ2v) is 5.77. The molecule has 138 valence electrons. The highest BCUT2D eigenvalue weighted by Crippen LogP contribution is 2.10. The summed E-state index contributed by atoms with van der Waals surface area (Å²) in [5.41, 5.74) is 9.09. The Bertz CT molecular complexity index is 761. The van der Waals surface area contributed by atoms with E-state index in [-0.39, 0.29) is 36.6 Å². The van der Waals surface area contributed by atoms with Crippen LogP contribution in [0, 0.1) is 0 Å². The van der Waals surface area contributed by atoms with E-state index >= 15 is 0 Å². The summed E-state index contributed by atoms with van der Waals surface area (Å²) in [5.74, 6) is -0.0110. The van der Waals surface area contributed by atoms with E-state index in [0.29, 0.717) is 24.6 Å². The normalized spacial score (nSPS) is 10.6. The molecule has 0 aliphatic rings. The molecule has 0 radical (unpaired) electrons. The third-order valence-corrected chi connectivity index (χ3v) is 3.38. The van der Waals surface area contributed by atoms with E-state index in [9.17, 15) is 4.79 Å². The van der Waals surface area contributed by atoms with Gasteiger partial charge in [-0.25, -0.2) is 9.79 Å². The molecule has 3 N–H and O–H groups in total. The third-order valence-electron chi connectivity index (χ3n) is 3.38. The summed E-state index contributed by atoms with van der Waals surface area (Å²) in [5, 5.41) is 2.96. The summed E-state index contributed by atoms with van der Waals surface area (Å²) in [7, 11) is 0. The average molecular weight is 465 g/mol. The van der Waals surface area contributed by atoms with Gasteiger partial charge in [-0.3, -0.25) is 0 Å². The van der Waals surface area contributed by atoms with E-state index in [1.807, 2.05) is 49.4 Å². The second kappa shape index (κ2) is 11.3. The van der Waals surface area contributed by atoms with Crippen LogP contribution in [0.3, 0.4) is 0 Å². The molecule has 0 saturated carbocycles. The maximum atomic E-state index is 12.2. The molecule has 26 heavy (non-hydrogen) atoms. The van der Waals surface area contributed by atoms with E-state index < -0.39 is 0 Å². The van der Waals surface area contributed by atoms with Crippen LogP contribution < -0.4 is 11.1 Å². The molecule has 6 heteroatoms. The monoisotopic (exact) mass is 465 g/mol. The highest BCUT2D eigenvalue weighted by molar-refractivity contribution is 14.0. The van der Waals surface area contributed by atoms with Gasteiger partial charge in [0.15, 0.2) is 5.96 Å². The van der Waals surface area contributed by atoms with Gasteiger partial charge in [0.25, 0.3) is 0 Å². The third kappa shape index (κ3) is 7.69. The standard InChI is InChI=1S/C20H23N3O2.HI/c1-15(2)12-22-20(21)23-13-17-9-6-10-18(11-17)19(24)25-14-16-7-4-3-5-8-16;/h3-11H,1,12-14H2,2H3,(H3,21,22,23);1H. The minimum Gasteiger partial charge on any atom is -0.457 e. The van der Waals surface area contributed by atoms with Crippen LogP contribution in [0.2, 0.25) is 0 Å². The van der Waals surface area contributed by atoms with Crippen molar-refractivity contribution in [1.29, 1.82) is 0 Å². The second-order valence-electron chi connectivity index (χ2n) is 5.77. The SMILES string of the molecule is C=C(C)CNC(N)=NCc1cccc(C(=O)OCc2ccccc2)c1.I. The summed E-state index contributed by atoms with van der Waals surface area (Å²) < 4.78 is 5.34. The number of guanidine groups is 1. The lowest BCUT2D eigenvalue weighted by molar-refractivity contribution is 0.0472. The van der Waals surface area contributed by atoms with E-state index in [1.54, 1.807) is 12.1 Å². The van der Waals surface area contributed by atoms with Crippen molar-refractivity contribution in [2.24, 2.45) is 10.7 Å². The molecule has 0 bridgehead atoms. The zero-order valence-corrected chi connectivity index (χ0v) is 17.1. The van der Waals surface area contributed by atoms with Crippen LogP contribution in [0.25, 0.3) is 0 Å². The molecular formula is C20H24IN3O2. The summed E-state index contributed by atoms with van der Waals surface area (Å²) >= 11 is 0. The Labute approximate surface area is 171 Å². The van der Waals surface area contributed by atoms with Crippen molar-refractivity contribution in [2.45, 2.75) is 20.1 Å². The number of ether oxygens (including phenoxy) is 1. The van der Waals surface area contributed by atoms with Crippen molar-refractivity contribution in [3.8, 4) is 0 Å². The summed E-state index contributed by atoms with van der Waals surface area (Å²) in [6.07, 6.45) is 0. The van der Waals surface area contributed by atoms with Crippen molar-refractivity contribution in [2.75, 3.05) is 6.54 Å². The summed E-state index contributed by atoms with van der Waals surface area (Å²) in [6.45, 7) is 6.92. The molecular weight excluding hydrogens is 441 g/mol. The number of nitrogens with one attached hydrogen (secondary N) is 1. The molecule has 5 nitrogen and oxygen atoms in total. The zero-order chi connectivity index (χ0) is 18.1. The van der Waals surface area contributed by atoms with Crippen LogP contribution >= 0.6 is 24.0 Å². The molecule has 2 aromatic rings. The summed E-state index contributed by atoms with van der Waals surface area (Å²) in [4.78, 5) is 16.4. The van der Waals surface area contributed by atoms with Gasteiger partial charge in [-0.1, -0.05) is 54.6 Å². The number of aliphatic imine (C=N–C) groups is 1. The van der Waals surface area contributed by atoms with Gasteiger partial charge in [0.05, 0.1) is 12.1 Å². The topological polar surface area (TPSA) is 76.7 Å². The highest BCUT2D eigenvalue weighted by Gasteiger charge is 2.08. The average Bonchev–Trinajstić information content (AvgIpc) is 2.63. The van der Waals surface area contributed by atoms with Crippen LogP contribution in [-0.4, -0.2) is 18.5 Å². The first-order valence-electron chi connectivity index (χ1n) is 8.03. The number of carbonyl (C=O) groups is 1. The fourth-order valence-corrected chi connectivity index (χ4v) is 2.08. The Hall–Kier alpha value is -2.35. The molecule has 0 heterocycles. The van der Waals surface area contributed by atoms with E-state index in [0.717, 1.165) is 16.7 Å². The molecule has 0 amide bonds. The lowest BCUT2D eigenvalue weighted by atomic mass is 10.1. The van der Waals surface area contributed by atoms with Gasteiger partial charge in [-0.15, -0.1) is 24.0 Å². The van der Waals surface area contributed by atoms with Crippen molar-refractivity contribution < 1.29 is 9.53 Å². The lowest BCUT2D eigenvalue weighted by Gasteiger charge is -2.07. The largest absolute Gasteiger partial charge is 0.457 e. The number of nitrogens with two attached hydrogens (primary N) is 1. The maximum absolute atomic E-state index is 12.2. The molecule has 0 aromatic heterocycles.